The van der Waals surface area contributed by atoms with E-state index in [1.807, 2.05) is 12.5 Å². The van der Waals surface area contributed by atoms with Crippen LogP contribution < -0.4 is 0 Å². The van der Waals surface area contributed by atoms with Crippen LogP contribution >= 0.6 is 0 Å². The normalized spacial score (nSPS) is 15.8. The Morgan fingerprint density at radius 2 is 1.52 bits per heavy atom. The first-order chi connectivity index (χ1) is 11.4. The molecule has 23 heavy (non-hydrogen) atoms. The topological polar surface area (TPSA) is 17.8 Å². The van der Waals surface area contributed by atoms with E-state index in [1.54, 1.807) is 0 Å². The van der Waals surface area contributed by atoms with Crippen LogP contribution in [0.1, 0.15) is 30.4 Å². The van der Waals surface area contributed by atoms with E-state index in [4.69, 9.17) is 0 Å². The van der Waals surface area contributed by atoms with E-state index in [9.17, 15) is 0 Å². The summed E-state index contributed by atoms with van der Waals surface area (Å²) in [6.07, 6.45) is 10.3. The van der Waals surface area contributed by atoms with Gasteiger partial charge in [-0.3, -0.25) is 0 Å². The fourth-order valence-electron chi connectivity index (χ4n) is 3.83. The van der Waals surface area contributed by atoms with Crippen LogP contribution in [0.4, 0.5) is 0 Å². The average Bonchev–Trinajstić information content (AvgIpc) is 3.11. The third-order valence-corrected chi connectivity index (χ3v) is 8.42. The van der Waals surface area contributed by atoms with Gasteiger partial charge in [0, 0.05) is 12.4 Å². The van der Waals surface area contributed by atoms with Gasteiger partial charge in [-0.1, -0.05) is 79.9 Å². The van der Waals surface area contributed by atoms with E-state index in [-0.39, 0.29) is 5.16 Å². The van der Waals surface area contributed by atoms with Gasteiger partial charge in [0.25, 0.3) is 0 Å². The van der Waals surface area contributed by atoms with Gasteiger partial charge in [-0.25, -0.2) is 4.98 Å². The van der Waals surface area contributed by atoms with Crippen LogP contribution in [0.15, 0.2) is 79.4 Å². The van der Waals surface area contributed by atoms with Crippen LogP contribution in [0.3, 0.4) is 0 Å². The maximum absolute atomic E-state index is 4.38. The van der Waals surface area contributed by atoms with Gasteiger partial charge in [0.2, 0.25) is 0 Å². The number of imidazole rings is 1. The fraction of sp³-hybridized carbons (Fsp3) is 0.250. The molecule has 1 aromatic heterocycles. The zero-order valence-corrected chi connectivity index (χ0v) is 14.7. The molecule has 1 aliphatic rings. The van der Waals surface area contributed by atoms with Crippen LogP contribution in [0.25, 0.3) is 0 Å². The molecule has 116 valence electrons. The smallest absolute Gasteiger partial charge is 0.0953 e. The SMILES string of the molecule is c1ccc(C([SiH2]C2CCC2)(c2ccccc2)n2ccnc2)cc1. The second-order valence-corrected chi connectivity index (χ2v) is 9.15. The average molecular weight is 318 g/mol. The Kier molecular flexibility index (Phi) is 3.88. The molecule has 0 spiro atoms. The molecule has 0 atom stereocenters. The summed E-state index contributed by atoms with van der Waals surface area (Å²) in [5.74, 6) is 0. The predicted molar refractivity (Wildman–Crippen MR) is 97.4 cm³/mol. The number of nitrogens with zero attached hydrogens (tertiary/aromatic N) is 2. The minimum absolute atomic E-state index is 0.0237. The molecule has 0 amide bonds. The number of hydrogen-bond donors (Lipinski definition) is 0. The molecule has 2 nitrogen and oxygen atoms in total. The Morgan fingerprint density at radius 3 is 1.96 bits per heavy atom. The third-order valence-electron chi connectivity index (χ3n) is 5.26. The minimum Gasteiger partial charge on any atom is -0.327 e. The van der Waals surface area contributed by atoms with E-state index >= 15 is 0 Å². The second kappa shape index (κ2) is 6.17. The monoisotopic (exact) mass is 318 g/mol. The third kappa shape index (κ3) is 2.55. The molecule has 1 saturated carbocycles. The quantitative estimate of drug-likeness (QED) is 0.655. The van der Waals surface area contributed by atoms with Crippen LogP contribution in [0.2, 0.25) is 5.54 Å². The van der Waals surface area contributed by atoms with Crippen molar-refractivity contribution in [1.82, 2.24) is 9.55 Å². The van der Waals surface area contributed by atoms with Gasteiger partial charge >= 0.3 is 0 Å². The Morgan fingerprint density at radius 1 is 0.913 bits per heavy atom. The molecule has 1 heterocycles. The van der Waals surface area contributed by atoms with Crippen molar-refractivity contribution in [2.75, 3.05) is 0 Å². The molecule has 1 fully saturated rings. The first-order valence-electron chi connectivity index (χ1n) is 8.49. The van der Waals surface area contributed by atoms with Gasteiger partial charge in [0.1, 0.15) is 0 Å². The lowest BCUT2D eigenvalue weighted by Gasteiger charge is -2.41. The van der Waals surface area contributed by atoms with Gasteiger partial charge in [0.15, 0.2) is 0 Å². The largest absolute Gasteiger partial charge is 0.327 e. The molecule has 0 bridgehead atoms. The van der Waals surface area contributed by atoms with Crippen molar-refractivity contribution in [2.24, 2.45) is 0 Å². The van der Waals surface area contributed by atoms with Crippen molar-refractivity contribution >= 4 is 9.52 Å². The van der Waals surface area contributed by atoms with Gasteiger partial charge in [-0.05, 0) is 16.7 Å². The molecular weight excluding hydrogens is 296 g/mol. The Bertz CT molecular complexity index is 694. The zero-order valence-electron chi connectivity index (χ0n) is 13.3. The van der Waals surface area contributed by atoms with E-state index < -0.39 is 9.52 Å². The lowest BCUT2D eigenvalue weighted by atomic mass is 9.96. The maximum atomic E-state index is 4.38. The molecule has 0 aliphatic heterocycles. The van der Waals surface area contributed by atoms with Crippen molar-refractivity contribution in [1.29, 1.82) is 0 Å². The molecule has 0 N–H and O–H groups in total. The lowest BCUT2D eigenvalue weighted by molar-refractivity contribution is 0.474. The van der Waals surface area contributed by atoms with Gasteiger partial charge < -0.3 is 4.57 Å². The van der Waals surface area contributed by atoms with E-state index in [1.165, 1.54) is 30.4 Å². The van der Waals surface area contributed by atoms with Crippen molar-refractivity contribution in [3.63, 3.8) is 0 Å². The number of aromatic nitrogens is 2. The van der Waals surface area contributed by atoms with Crippen LogP contribution in [0.5, 0.6) is 0 Å². The second-order valence-electron chi connectivity index (χ2n) is 6.56. The number of hydrogen-bond acceptors (Lipinski definition) is 1. The van der Waals surface area contributed by atoms with Crippen molar-refractivity contribution in [3.05, 3.63) is 90.5 Å². The molecule has 3 heteroatoms. The highest BCUT2D eigenvalue weighted by Crippen LogP contribution is 2.42. The highest BCUT2D eigenvalue weighted by molar-refractivity contribution is 6.43. The summed E-state index contributed by atoms with van der Waals surface area (Å²) < 4.78 is 2.36. The summed E-state index contributed by atoms with van der Waals surface area (Å²) in [5.41, 5.74) is 3.74. The van der Waals surface area contributed by atoms with Crippen molar-refractivity contribution in [2.45, 2.75) is 30.0 Å². The Hall–Kier alpha value is -2.13. The minimum atomic E-state index is -0.413. The molecule has 1 aliphatic carbocycles. The molecular formula is C20H22N2Si. The lowest BCUT2D eigenvalue weighted by Crippen LogP contribution is -2.44. The number of benzene rings is 2. The maximum Gasteiger partial charge on any atom is 0.0953 e. The molecule has 0 radical (unpaired) electrons. The van der Waals surface area contributed by atoms with E-state index in [0.717, 1.165) is 5.54 Å². The predicted octanol–water partition coefficient (Wildman–Crippen LogP) is 3.77. The van der Waals surface area contributed by atoms with E-state index in [0.29, 0.717) is 0 Å². The first kappa shape index (κ1) is 14.5. The van der Waals surface area contributed by atoms with E-state index in [2.05, 4.69) is 76.4 Å². The summed E-state index contributed by atoms with van der Waals surface area (Å²) in [7, 11) is -0.413. The fourth-order valence-corrected chi connectivity index (χ4v) is 7.00. The van der Waals surface area contributed by atoms with Gasteiger partial charge in [0.05, 0.1) is 21.0 Å². The summed E-state index contributed by atoms with van der Waals surface area (Å²) in [6.45, 7) is 0. The molecule has 0 saturated heterocycles. The van der Waals surface area contributed by atoms with Gasteiger partial charge in [-0.2, -0.15) is 0 Å². The van der Waals surface area contributed by atoms with Gasteiger partial charge in [-0.15, -0.1) is 0 Å². The molecule has 4 rings (SSSR count). The zero-order chi connectivity index (χ0) is 15.5. The molecule has 0 unspecified atom stereocenters. The van der Waals surface area contributed by atoms with Crippen LogP contribution in [-0.4, -0.2) is 19.1 Å². The van der Waals surface area contributed by atoms with Crippen LogP contribution in [0, 0.1) is 0 Å². The Labute approximate surface area is 140 Å². The summed E-state index contributed by atoms with van der Waals surface area (Å²) >= 11 is 0. The number of rotatable bonds is 5. The summed E-state index contributed by atoms with van der Waals surface area (Å²) in [4.78, 5) is 4.38. The van der Waals surface area contributed by atoms with Crippen LogP contribution in [-0.2, 0) is 5.16 Å². The molecule has 3 aromatic rings. The van der Waals surface area contributed by atoms with Crippen molar-refractivity contribution in [3.8, 4) is 0 Å². The summed E-state index contributed by atoms with van der Waals surface area (Å²) in [5, 5.41) is -0.0237. The first-order valence-corrected chi connectivity index (χ1v) is 10.0. The van der Waals surface area contributed by atoms with Crippen molar-refractivity contribution < 1.29 is 0 Å². The Balaban J connectivity index is 1.93. The highest BCUT2D eigenvalue weighted by Gasteiger charge is 2.39. The molecule has 2 aromatic carbocycles. The standard InChI is InChI=1S/C20H22N2Si/c1-3-8-17(9-4-1)20(22-15-14-21-16-22,23-19-12-7-13-19)18-10-5-2-6-11-18/h1-6,8-11,14-16,19H,7,12-13,23H2. The highest BCUT2D eigenvalue weighted by atomic mass is 28.2. The summed E-state index contributed by atoms with van der Waals surface area (Å²) in [6, 6.07) is 22.0.